The second kappa shape index (κ2) is 4.37. The van der Waals surface area contributed by atoms with E-state index in [1.165, 1.54) is 6.20 Å². The first-order chi connectivity index (χ1) is 7.68. The Kier molecular flexibility index (Phi) is 2.92. The average molecular weight is 217 g/mol. The Balaban J connectivity index is 2.39. The molecule has 0 amide bonds. The lowest BCUT2D eigenvalue weighted by atomic mass is 10.0. The van der Waals surface area contributed by atoms with Gasteiger partial charge in [-0.3, -0.25) is 9.97 Å². The Bertz CT molecular complexity index is 499. The quantitative estimate of drug-likeness (QED) is 0.836. The molecule has 0 saturated carbocycles. The maximum absolute atomic E-state index is 13.5. The summed E-state index contributed by atoms with van der Waals surface area (Å²) < 4.78 is 13.5. The van der Waals surface area contributed by atoms with E-state index in [1.807, 2.05) is 19.1 Å². The minimum atomic E-state index is -0.553. The minimum Gasteiger partial charge on any atom is -0.319 e. The van der Waals surface area contributed by atoms with Crippen LogP contribution in [0.2, 0.25) is 0 Å². The fourth-order valence-corrected chi connectivity index (χ4v) is 1.53. The normalized spacial score (nSPS) is 12.4. The maximum atomic E-state index is 13.5. The van der Waals surface area contributed by atoms with E-state index in [-0.39, 0.29) is 0 Å². The predicted molar refractivity (Wildman–Crippen MR) is 59.2 cm³/mol. The monoisotopic (exact) mass is 217 g/mol. The summed E-state index contributed by atoms with van der Waals surface area (Å²) in [4.78, 5) is 7.83. The predicted octanol–water partition coefficient (Wildman–Crippen LogP) is 1.97. The fraction of sp³-hybridized carbons (Fsp3) is 0.167. The van der Waals surface area contributed by atoms with Crippen LogP contribution in [-0.4, -0.2) is 9.97 Å². The summed E-state index contributed by atoms with van der Waals surface area (Å²) in [6.45, 7) is 1.95. The number of hydrogen-bond donors (Lipinski definition) is 1. The number of aryl methyl sites for hydroxylation is 1. The van der Waals surface area contributed by atoms with Crippen molar-refractivity contribution in [3.8, 4) is 0 Å². The number of nitrogens with two attached hydrogens (primary N) is 1. The van der Waals surface area contributed by atoms with Crippen molar-refractivity contribution in [3.05, 3.63) is 59.4 Å². The number of rotatable bonds is 2. The smallest absolute Gasteiger partial charge is 0.146 e. The van der Waals surface area contributed by atoms with Gasteiger partial charge in [0.1, 0.15) is 5.82 Å². The van der Waals surface area contributed by atoms with Gasteiger partial charge in [-0.25, -0.2) is 4.39 Å². The van der Waals surface area contributed by atoms with E-state index < -0.39 is 11.9 Å². The lowest BCUT2D eigenvalue weighted by molar-refractivity contribution is 0.591. The molecule has 0 spiro atoms. The van der Waals surface area contributed by atoms with Crippen LogP contribution in [0.25, 0.3) is 0 Å². The van der Waals surface area contributed by atoms with Gasteiger partial charge in [0.2, 0.25) is 0 Å². The van der Waals surface area contributed by atoms with Gasteiger partial charge in [0, 0.05) is 18.0 Å². The van der Waals surface area contributed by atoms with Crippen LogP contribution in [0, 0.1) is 12.7 Å². The zero-order valence-corrected chi connectivity index (χ0v) is 8.89. The van der Waals surface area contributed by atoms with E-state index in [1.54, 1.807) is 12.3 Å². The van der Waals surface area contributed by atoms with Gasteiger partial charge < -0.3 is 5.73 Å². The van der Waals surface area contributed by atoms with Crippen molar-refractivity contribution in [2.45, 2.75) is 13.0 Å². The van der Waals surface area contributed by atoms with Crippen molar-refractivity contribution >= 4 is 0 Å². The molecule has 0 bridgehead atoms. The topological polar surface area (TPSA) is 51.8 Å². The highest BCUT2D eigenvalue weighted by molar-refractivity contribution is 5.28. The summed E-state index contributed by atoms with van der Waals surface area (Å²) in [6.07, 6.45) is 4.35. The maximum Gasteiger partial charge on any atom is 0.146 e. The zero-order valence-electron chi connectivity index (χ0n) is 8.89. The Morgan fingerprint density at radius 1 is 1.31 bits per heavy atom. The molecule has 3 nitrogen and oxygen atoms in total. The molecule has 16 heavy (non-hydrogen) atoms. The van der Waals surface area contributed by atoms with Crippen molar-refractivity contribution in [1.29, 1.82) is 0 Å². The van der Waals surface area contributed by atoms with Crippen molar-refractivity contribution in [2.75, 3.05) is 0 Å². The van der Waals surface area contributed by atoms with Gasteiger partial charge in [0.05, 0.1) is 17.9 Å². The molecular formula is C12H12FN3. The van der Waals surface area contributed by atoms with Gasteiger partial charge in [-0.2, -0.15) is 0 Å². The molecule has 2 heterocycles. The van der Waals surface area contributed by atoms with Crippen LogP contribution in [0.1, 0.15) is 22.9 Å². The van der Waals surface area contributed by atoms with Gasteiger partial charge in [0.15, 0.2) is 0 Å². The molecule has 1 unspecified atom stereocenters. The highest BCUT2D eigenvalue weighted by Crippen LogP contribution is 2.20. The fourth-order valence-electron chi connectivity index (χ4n) is 1.53. The van der Waals surface area contributed by atoms with E-state index in [4.69, 9.17) is 5.73 Å². The Hall–Kier alpha value is -1.81. The summed E-state index contributed by atoms with van der Waals surface area (Å²) in [5.41, 5.74) is 8.07. The van der Waals surface area contributed by atoms with E-state index in [0.29, 0.717) is 11.3 Å². The Morgan fingerprint density at radius 2 is 2.12 bits per heavy atom. The Labute approximate surface area is 93.2 Å². The van der Waals surface area contributed by atoms with Gasteiger partial charge in [0.25, 0.3) is 0 Å². The van der Waals surface area contributed by atoms with Crippen LogP contribution in [0.15, 0.2) is 36.8 Å². The van der Waals surface area contributed by atoms with E-state index >= 15 is 0 Å². The van der Waals surface area contributed by atoms with Crippen LogP contribution < -0.4 is 5.73 Å². The van der Waals surface area contributed by atoms with E-state index in [9.17, 15) is 4.39 Å². The summed E-state index contributed by atoms with van der Waals surface area (Å²) in [6, 6.07) is 4.75. The molecule has 0 aliphatic rings. The molecule has 4 heteroatoms. The second-order valence-corrected chi connectivity index (χ2v) is 3.63. The number of aromatic nitrogens is 2. The molecule has 2 rings (SSSR count). The first-order valence-electron chi connectivity index (χ1n) is 4.96. The third-order valence-corrected chi connectivity index (χ3v) is 2.39. The van der Waals surface area contributed by atoms with Crippen molar-refractivity contribution < 1.29 is 4.39 Å². The summed E-state index contributed by atoms with van der Waals surface area (Å²) in [5.74, 6) is -0.404. The van der Waals surface area contributed by atoms with Gasteiger partial charge in [-0.15, -0.1) is 0 Å². The first kappa shape index (κ1) is 10.7. The van der Waals surface area contributed by atoms with Crippen LogP contribution in [-0.2, 0) is 0 Å². The highest BCUT2D eigenvalue weighted by Gasteiger charge is 2.14. The van der Waals surface area contributed by atoms with Crippen LogP contribution in [0.3, 0.4) is 0 Å². The first-order valence-corrected chi connectivity index (χ1v) is 4.96. The highest BCUT2D eigenvalue weighted by atomic mass is 19.1. The summed E-state index contributed by atoms with van der Waals surface area (Å²) >= 11 is 0. The van der Waals surface area contributed by atoms with E-state index in [0.717, 1.165) is 11.8 Å². The van der Waals surface area contributed by atoms with Gasteiger partial charge in [-0.1, -0.05) is 0 Å². The molecule has 0 radical (unpaired) electrons. The van der Waals surface area contributed by atoms with Crippen LogP contribution in [0.4, 0.5) is 4.39 Å². The molecule has 1 atom stereocenters. The molecule has 82 valence electrons. The second-order valence-electron chi connectivity index (χ2n) is 3.63. The van der Waals surface area contributed by atoms with E-state index in [2.05, 4.69) is 9.97 Å². The molecule has 2 aromatic heterocycles. The minimum absolute atomic E-state index is 0.404. The van der Waals surface area contributed by atoms with Crippen molar-refractivity contribution in [1.82, 2.24) is 9.97 Å². The molecule has 0 saturated heterocycles. The largest absolute Gasteiger partial charge is 0.319 e. The number of hydrogen-bond acceptors (Lipinski definition) is 3. The molecule has 2 N–H and O–H groups in total. The zero-order chi connectivity index (χ0) is 11.5. The lowest BCUT2D eigenvalue weighted by Gasteiger charge is -2.12. The summed E-state index contributed by atoms with van der Waals surface area (Å²) in [5, 5.41) is 0. The van der Waals surface area contributed by atoms with Crippen LogP contribution in [0.5, 0.6) is 0 Å². The Morgan fingerprint density at radius 3 is 2.81 bits per heavy atom. The summed E-state index contributed by atoms with van der Waals surface area (Å²) in [7, 11) is 0. The number of nitrogens with zero attached hydrogens (tertiary/aromatic N) is 2. The molecule has 0 fully saturated rings. The molecule has 0 aliphatic carbocycles. The van der Waals surface area contributed by atoms with Crippen molar-refractivity contribution in [2.24, 2.45) is 5.73 Å². The van der Waals surface area contributed by atoms with Gasteiger partial charge >= 0.3 is 0 Å². The third kappa shape index (κ3) is 2.06. The SMILES string of the molecule is Cc1ccnc(C(N)c2ccncc2F)c1. The number of pyridine rings is 2. The van der Waals surface area contributed by atoms with Gasteiger partial charge in [-0.05, 0) is 30.7 Å². The van der Waals surface area contributed by atoms with Crippen LogP contribution >= 0.6 is 0 Å². The third-order valence-electron chi connectivity index (χ3n) is 2.39. The molecule has 2 aromatic rings. The number of halogens is 1. The molecular weight excluding hydrogens is 205 g/mol. The molecule has 0 aliphatic heterocycles. The van der Waals surface area contributed by atoms with Crippen molar-refractivity contribution in [3.63, 3.8) is 0 Å². The standard InChI is InChI=1S/C12H12FN3/c1-8-2-5-16-11(6-8)12(14)9-3-4-15-7-10(9)13/h2-7,12H,14H2,1H3. The molecule has 0 aromatic carbocycles. The average Bonchev–Trinajstić information content (AvgIpc) is 2.29. The lowest BCUT2D eigenvalue weighted by Crippen LogP contribution is -2.15.